The summed E-state index contributed by atoms with van der Waals surface area (Å²) in [5.41, 5.74) is 0.898. The predicted octanol–water partition coefficient (Wildman–Crippen LogP) is 1.25. The molecule has 0 radical (unpaired) electrons. The number of carbonyl (C=O) groups excluding carboxylic acids is 1. The maximum atomic E-state index is 12.3. The summed E-state index contributed by atoms with van der Waals surface area (Å²) in [5, 5.41) is 4.96. The van der Waals surface area contributed by atoms with E-state index in [1.807, 2.05) is 17.0 Å². The van der Waals surface area contributed by atoms with Crippen LogP contribution in [0, 0.1) is 0 Å². The van der Waals surface area contributed by atoms with Crippen LogP contribution in [0.4, 0.5) is 5.13 Å². The van der Waals surface area contributed by atoms with Crippen molar-refractivity contribution >= 4 is 32.6 Å². The number of ether oxygens (including phenoxy) is 1. The second-order valence-electron chi connectivity index (χ2n) is 5.76. The van der Waals surface area contributed by atoms with E-state index in [4.69, 9.17) is 9.72 Å². The number of amides is 1. The molecule has 0 bridgehead atoms. The van der Waals surface area contributed by atoms with Crippen molar-refractivity contribution in [1.82, 2.24) is 24.6 Å². The molecule has 8 nitrogen and oxygen atoms in total. The van der Waals surface area contributed by atoms with Gasteiger partial charge in [0.05, 0.1) is 11.8 Å². The van der Waals surface area contributed by atoms with Crippen molar-refractivity contribution in [2.45, 2.75) is 6.54 Å². The molecule has 3 heterocycles. The number of aromatic nitrogens is 4. The first-order valence-corrected chi connectivity index (χ1v) is 8.85. The van der Waals surface area contributed by atoms with E-state index in [1.165, 1.54) is 6.33 Å². The van der Waals surface area contributed by atoms with E-state index >= 15 is 0 Å². The zero-order chi connectivity index (χ0) is 17.2. The number of hydrogen-bond donors (Lipinski definition) is 0. The molecule has 1 aromatic carbocycles. The van der Waals surface area contributed by atoms with Crippen molar-refractivity contribution in [1.29, 1.82) is 0 Å². The van der Waals surface area contributed by atoms with Gasteiger partial charge in [0.1, 0.15) is 30.5 Å². The smallest absolute Gasteiger partial charge is 0.244 e. The fraction of sp³-hybridized carbons (Fsp3) is 0.375. The third-order valence-corrected chi connectivity index (χ3v) is 5.34. The minimum atomic E-state index is 0.0659. The van der Waals surface area contributed by atoms with Gasteiger partial charge in [-0.1, -0.05) is 17.4 Å². The average Bonchev–Trinajstić information content (AvgIpc) is 3.30. The fourth-order valence-electron chi connectivity index (χ4n) is 2.91. The lowest BCUT2D eigenvalue weighted by Crippen LogP contribution is -2.49. The fourth-order valence-corrected chi connectivity index (χ4v) is 3.95. The second kappa shape index (κ2) is 6.67. The first kappa shape index (κ1) is 15.8. The topological polar surface area (TPSA) is 76.4 Å². The maximum absolute atomic E-state index is 12.3. The van der Waals surface area contributed by atoms with Gasteiger partial charge in [-0.15, -0.1) is 0 Å². The monoisotopic (exact) mass is 358 g/mol. The molecular formula is C16H18N6O2S. The lowest BCUT2D eigenvalue weighted by molar-refractivity contribution is -0.132. The Morgan fingerprint density at radius 3 is 2.84 bits per heavy atom. The molecule has 9 heteroatoms. The molecule has 130 valence electrons. The van der Waals surface area contributed by atoms with E-state index in [9.17, 15) is 4.79 Å². The number of methoxy groups -OCH3 is 1. The molecule has 1 fully saturated rings. The summed E-state index contributed by atoms with van der Waals surface area (Å²) in [7, 11) is 1.66. The molecule has 2 aromatic heterocycles. The van der Waals surface area contributed by atoms with Gasteiger partial charge < -0.3 is 14.5 Å². The first-order valence-electron chi connectivity index (χ1n) is 8.03. The maximum Gasteiger partial charge on any atom is 0.244 e. The lowest BCUT2D eigenvalue weighted by atomic mass is 10.3. The Hall–Kier alpha value is -2.68. The Kier molecular flexibility index (Phi) is 4.22. The standard InChI is InChI=1S/C16H18N6O2S/c1-24-12-3-2-4-13-15(12)19-16(25-13)21-7-5-20(6-8-21)14(23)9-22-11-17-10-18-22/h2-4,10-11H,5-9H2,1H3. The zero-order valence-electron chi connectivity index (χ0n) is 13.8. The Morgan fingerprint density at radius 1 is 1.28 bits per heavy atom. The van der Waals surface area contributed by atoms with Crippen molar-refractivity contribution < 1.29 is 9.53 Å². The van der Waals surface area contributed by atoms with Gasteiger partial charge >= 0.3 is 0 Å². The molecule has 1 saturated heterocycles. The number of piperazine rings is 1. The summed E-state index contributed by atoms with van der Waals surface area (Å²) < 4.78 is 8.05. The Labute approximate surface area is 148 Å². The minimum Gasteiger partial charge on any atom is -0.494 e. The molecule has 4 rings (SSSR count). The quantitative estimate of drug-likeness (QED) is 0.699. The summed E-state index contributed by atoms with van der Waals surface area (Å²) in [6.07, 6.45) is 3.00. The van der Waals surface area contributed by atoms with E-state index in [2.05, 4.69) is 21.0 Å². The van der Waals surface area contributed by atoms with Gasteiger partial charge in [0.25, 0.3) is 0 Å². The van der Waals surface area contributed by atoms with Crippen molar-refractivity contribution in [3.05, 3.63) is 30.9 Å². The van der Waals surface area contributed by atoms with E-state index < -0.39 is 0 Å². The number of carbonyl (C=O) groups is 1. The van der Waals surface area contributed by atoms with Crippen LogP contribution in [0.15, 0.2) is 30.9 Å². The highest BCUT2D eigenvalue weighted by molar-refractivity contribution is 7.22. The molecule has 1 amide bonds. The first-order chi connectivity index (χ1) is 12.2. The molecule has 1 aliphatic heterocycles. The third-order valence-electron chi connectivity index (χ3n) is 4.26. The second-order valence-corrected chi connectivity index (χ2v) is 6.77. The molecule has 1 aliphatic rings. The zero-order valence-corrected chi connectivity index (χ0v) is 14.6. The highest BCUT2D eigenvalue weighted by atomic mass is 32.1. The molecule has 0 aliphatic carbocycles. The molecule has 0 atom stereocenters. The molecule has 0 N–H and O–H groups in total. The molecule has 25 heavy (non-hydrogen) atoms. The summed E-state index contributed by atoms with van der Waals surface area (Å²) in [6, 6.07) is 5.95. The number of rotatable bonds is 4. The van der Waals surface area contributed by atoms with Crippen LogP contribution in [0.1, 0.15) is 0 Å². The summed E-state index contributed by atoms with van der Waals surface area (Å²) in [5.74, 6) is 0.859. The van der Waals surface area contributed by atoms with Crippen LogP contribution in [0.3, 0.4) is 0 Å². The van der Waals surface area contributed by atoms with Crippen molar-refractivity contribution in [3.8, 4) is 5.75 Å². The lowest BCUT2D eigenvalue weighted by Gasteiger charge is -2.34. The van der Waals surface area contributed by atoms with E-state index in [1.54, 1.807) is 29.5 Å². The Morgan fingerprint density at radius 2 is 2.12 bits per heavy atom. The van der Waals surface area contributed by atoms with E-state index in [-0.39, 0.29) is 12.5 Å². The van der Waals surface area contributed by atoms with Gasteiger partial charge in [-0.25, -0.2) is 14.6 Å². The number of benzene rings is 1. The van der Waals surface area contributed by atoms with Crippen LogP contribution in [-0.4, -0.2) is 63.8 Å². The van der Waals surface area contributed by atoms with Crippen LogP contribution in [0.5, 0.6) is 5.75 Å². The molecule has 0 unspecified atom stereocenters. The van der Waals surface area contributed by atoms with Gasteiger partial charge in [0.15, 0.2) is 5.13 Å². The van der Waals surface area contributed by atoms with Crippen molar-refractivity contribution in [2.75, 3.05) is 38.2 Å². The van der Waals surface area contributed by atoms with Gasteiger partial charge in [-0.2, -0.15) is 5.10 Å². The number of fused-ring (bicyclic) bond motifs is 1. The summed E-state index contributed by atoms with van der Waals surface area (Å²) >= 11 is 1.66. The molecule has 3 aromatic rings. The molecule has 0 saturated carbocycles. The van der Waals surface area contributed by atoms with Crippen LogP contribution in [-0.2, 0) is 11.3 Å². The normalized spacial score (nSPS) is 14.9. The van der Waals surface area contributed by atoms with E-state index in [0.29, 0.717) is 13.1 Å². The number of hydrogen-bond acceptors (Lipinski definition) is 7. The minimum absolute atomic E-state index is 0.0659. The highest BCUT2D eigenvalue weighted by Gasteiger charge is 2.23. The summed E-state index contributed by atoms with van der Waals surface area (Å²) in [6.45, 7) is 3.13. The van der Waals surface area contributed by atoms with E-state index in [0.717, 1.165) is 34.2 Å². The number of anilines is 1. The van der Waals surface area contributed by atoms with Gasteiger partial charge in [0.2, 0.25) is 5.91 Å². The SMILES string of the molecule is COc1cccc2sc(N3CCN(C(=O)Cn4cncn4)CC3)nc12. The largest absolute Gasteiger partial charge is 0.494 e. The molecule has 0 spiro atoms. The van der Waals surface area contributed by atoms with Crippen molar-refractivity contribution in [2.24, 2.45) is 0 Å². The predicted molar refractivity (Wildman–Crippen MR) is 95.0 cm³/mol. The van der Waals surface area contributed by atoms with Gasteiger partial charge in [0, 0.05) is 26.2 Å². The van der Waals surface area contributed by atoms with Crippen molar-refractivity contribution in [3.63, 3.8) is 0 Å². The number of para-hydroxylation sites is 1. The van der Waals surface area contributed by atoms with Crippen LogP contribution in [0.2, 0.25) is 0 Å². The average molecular weight is 358 g/mol. The van der Waals surface area contributed by atoms with Gasteiger partial charge in [-0.05, 0) is 12.1 Å². The molecular weight excluding hydrogens is 340 g/mol. The van der Waals surface area contributed by atoms with Crippen LogP contribution >= 0.6 is 11.3 Å². The Bertz CT molecular complexity index is 870. The number of thiazole rings is 1. The third kappa shape index (κ3) is 3.14. The summed E-state index contributed by atoms with van der Waals surface area (Å²) in [4.78, 5) is 25.0. The Balaban J connectivity index is 1.42. The highest BCUT2D eigenvalue weighted by Crippen LogP contribution is 2.34. The van der Waals surface area contributed by atoms with Gasteiger partial charge in [-0.3, -0.25) is 4.79 Å². The number of nitrogens with zero attached hydrogens (tertiary/aromatic N) is 6. The van der Waals surface area contributed by atoms with Crippen LogP contribution < -0.4 is 9.64 Å². The van der Waals surface area contributed by atoms with Crippen LogP contribution in [0.25, 0.3) is 10.2 Å².